The van der Waals surface area contributed by atoms with E-state index < -0.39 is 40.0 Å². The summed E-state index contributed by atoms with van der Waals surface area (Å²) in [5.41, 5.74) is -0.337. The fourth-order valence-electron chi connectivity index (χ4n) is 4.18. The van der Waals surface area contributed by atoms with Crippen molar-refractivity contribution < 1.29 is 22.8 Å². The Morgan fingerprint density at radius 1 is 1.03 bits per heavy atom. The predicted octanol–water partition coefficient (Wildman–Crippen LogP) is 3.27. The van der Waals surface area contributed by atoms with E-state index in [4.69, 9.17) is 0 Å². The van der Waals surface area contributed by atoms with Crippen molar-refractivity contribution in [2.45, 2.75) is 37.2 Å². The van der Waals surface area contributed by atoms with Crippen molar-refractivity contribution in [2.75, 3.05) is 18.9 Å². The summed E-state index contributed by atoms with van der Waals surface area (Å²) in [5, 5.41) is 7.12. The Morgan fingerprint density at radius 3 is 2.33 bits per heavy atom. The Hall–Kier alpha value is -3.76. The molecule has 9 nitrogen and oxygen atoms in total. The lowest BCUT2D eigenvalue weighted by Gasteiger charge is -2.24. The topological polar surface area (TPSA) is 116 Å². The quantitative estimate of drug-likeness (QED) is 0.475. The van der Waals surface area contributed by atoms with Crippen LogP contribution in [-0.2, 0) is 25.2 Å². The molecule has 1 aliphatic heterocycles. The van der Waals surface area contributed by atoms with E-state index in [1.54, 1.807) is 26.8 Å². The molecular weight excluding hydrogens is 480 g/mol. The van der Waals surface area contributed by atoms with Crippen molar-refractivity contribution >= 4 is 44.3 Å². The minimum absolute atomic E-state index is 0.0941. The standard InChI is InChI=1S/C26H28N4O5S/c1-17(2)29(4)36(34,35)20-14-12-19(13-15-20)27-23(31)16-30-24(32)26(3,28-25(30)33)22-11-7-9-18-8-5-6-10-21(18)22/h5-15,17H,16H2,1-4H3,(H,27,31)(H,28,33)/t26-/m1/s1. The molecule has 10 heteroatoms. The number of hydrogen-bond acceptors (Lipinski definition) is 5. The number of benzene rings is 3. The van der Waals surface area contributed by atoms with Crippen LogP contribution in [0.5, 0.6) is 0 Å². The first-order valence-corrected chi connectivity index (χ1v) is 12.9. The normalized spacial score (nSPS) is 18.2. The third-order valence-corrected chi connectivity index (χ3v) is 8.50. The zero-order valence-electron chi connectivity index (χ0n) is 20.5. The summed E-state index contributed by atoms with van der Waals surface area (Å²) in [6.45, 7) is 4.68. The number of nitrogens with zero attached hydrogens (tertiary/aromatic N) is 2. The van der Waals surface area contributed by atoms with E-state index in [-0.39, 0.29) is 10.9 Å². The number of rotatable bonds is 7. The second-order valence-electron chi connectivity index (χ2n) is 9.16. The number of hydrogen-bond donors (Lipinski definition) is 2. The van der Waals surface area contributed by atoms with Crippen LogP contribution in [-0.4, -0.2) is 55.1 Å². The summed E-state index contributed by atoms with van der Waals surface area (Å²) < 4.78 is 26.5. The number of anilines is 1. The molecule has 0 bridgehead atoms. The van der Waals surface area contributed by atoms with Gasteiger partial charge in [0, 0.05) is 18.8 Å². The van der Waals surface area contributed by atoms with Crippen molar-refractivity contribution in [3.8, 4) is 0 Å². The van der Waals surface area contributed by atoms with Crippen LogP contribution in [0.4, 0.5) is 10.5 Å². The maximum atomic E-state index is 13.3. The van der Waals surface area contributed by atoms with Crippen LogP contribution in [0.25, 0.3) is 10.8 Å². The van der Waals surface area contributed by atoms with E-state index in [9.17, 15) is 22.8 Å². The van der Waals surface area contributed by atoms with Gasteiger partial charge in [-0.15, -0.1) is 0 Å². The molecule has 0 spiro atoms. The van der Waals surface area contributed by atoms with E-state index in [0.717, 1.165) is 15.7 Å². The average Bonchev–Trinajstić information content (AvgIpc) is 3.07. The molecule has 1 fully saturated rings. The van der Waals surface area contributed by atoms with Gasteiger partial charge in [-0.05, 0) is 61.4 Å². The Morgan fingerprint density at radius 2 is 1.67 bits per heavy atom. The summed E-state index contributed by atoms with van der Waals surface area (Å²) >= 11 is 0. The summed E-state index contributed by atoms with van der Waals surface area (Å²) in [6, 6.07) is 17.9. The van der Waals surface area contributed by atoms with Crippen LogP contribution in [0.3, 0.4) is 0 Å². The molecule has 0 saturated carbocycles. The lowest BCUT2D eigenvalue weighted by Crippen LogP contribution is -2.42. The first kappa shape index (κ1) is 25.3. The van der Waals surface area contributed by atoms with Gasteiger partial charge in [0.1, 0.15) is 12.1 Å². The lowest BCUT2D eigenvalue weighted by atomic mass is 9.88. The van der Waals surface area contributed by atoms with Gasteiger partial charge in [0.2, 0.25) is 15.9 Å². The summed E-state index contributed by atoms with van der Waals surface area (Å²) in [6.07, 6.45) is 0. The second kappa shape index (κ2) is 9.36. The number of sulfonamides is 1. The SMILES string of the molecule is CC(C)N(C)S(=O)(=O)c1ccc(NC(=O)CN2C(=O)N[C@](C)(c3cccc4ccccc34)C2=O)cc1. The molecule has 1 saturated heterocycles. The number of amides is 4. The minimum Gasteiger partial charge on any atom is -0.325 e. The number of carbonyl (C=O) groups excluding carboxylic acids is 3. The van der Waals surface area contributed by atoms with Crippen molar-refractivity contribution in [1.29, 1.82) is 0 Å². The lowest BCUT2D eigenvalue weighted by molar-refractivity contribution is -0.133. The van der Waals surface area contributed by atoms with Gasteiger partial charge in [0.05, 0.1) is 4.90 Å². The first-order valence-electron chi connectivity index (χ1n) is 11.5. The van der Waals surface area contributed by atoms with Crippen molar-refractivity contribution in [2.24, 2.45) is 0 Å². The predicted molar refractivity (Wildman–Crippen MR) is 137 cm³/mol. The van der Waals surface area contributed by atoms with Crippen LogP contribution in [0.1, 0.15) is 26.3 Å². The summed E-state index contributed by atoms with van der Waals surface area (Å²) in [5.74, 6) is -1.12. The highest BCUT2D eigenvalue weighted by Crippen LogP contribution is 2.33. The van der Waals surface area contributed by atoms with Gasteiger partial charge in [0.25, 0.3) is 5.91 Å². The molecule has 188 valence electrons. The number of carbonyl (C=O) groups is 3. The van der Waals surface area contributed by atoms with E-state index >= 15 is 0 Å². The fraction of sp³-hybridized carbons (Fsp3) is 0.269. The molecule has 0 radical (unpaired) electrons. The molecule has 2 N–H and O–H groups in total. The monoisotopic (exact) mass is 508 g/mol. The highest BCUT2D eigenvalue weighted by atomic mass is 32.2. The van der Waals surface area contributed by atoms with Crippen molar-refractivity contribution in [3.63, 3.8) is 0 Å². The van der Waals surface area contributed by atoms with Crippen LogP contribution < -0.4 is 10.6 Å². The van der Waals surface area contributed by atoms with Crippen molar-refractivity contribution in [1.82, 2.24) is 14.5 Å². The molecular formula is C26H28N4O5S. The zero-order valence-corrected chi connectivity index (χ0v) is 21.3. The Labute approximate surface area is 210 Å². The minimum atomic E-state index is -3.66. The smallest absolute Gasteiger partial charge is 0.325 e. The largest absolute Gasteiger partial charge is 0.325 e. The molecule has 4 amide bonds. The summed E-state index contributed by atoms with van der Waals surface area (Å²) in [4.78, 5) is 39.7. The molecule has 1 aliphatic rings. The molecule has 0 aromatic heterocycles. The first-order chi connectivity index (χ1) is 16.9. The third-order valence-electron chi connectivity index (χ3n) is 6.45. The van der Waals surface area contributed by atoms with E-state index in [1.165, 1.54) is 35.6 Å². The van der Waals surface area contributed by atoms with Gasteiger partial charge in [0.15, 0.2) is 0 Å². The molecule has 3 aromatic carbocycles. The Bertz CT molecular complexity index is 1450. The molecule has 4 rings (SSSR count). The van der Waals surface area contributed by atoms with E-state index in [2.05, 4.69) is 10.6 Å². The van der Waals surface area contributed by atoms with Gasteiger partial charge < -0.3 is 10.6 Å². The fourth-order valence-corrected chi connectivity index (χ4v) is 5.55. The Kier molecular flexibility index (Phi) is 6.59. The maximum absolute atomic E-state index is 13.3. The molecule has 3 aromatic rings. The van der Waals surface area contributed by atoms with Crippen LogP contribution >= 0.6 is 0 Å². The van der Waals surface area contributed by atoms with Crippen molar-refractivity contribution in [3.05, 3.63) is 72.3 Å². The number of nitrogens with one attached hydrogen (secondary N) is 2. The molecule has 1 heterocycles. The number of imide groups is 1. The number of fused-ring (bicyclic) bond motifs is 1. The van der Waals surface area contributed by atoms with Gasteiger partial charge in [-0.3, -0.25) is 14.5 Å². The number of urea groups is 1. The molecule has 0 unspecified atom stereocenters. The van der Waals surface area contributed by atoms with Gasteiger partial charge in [-0.1, -0.05) is 42.5 Å². The second-order valence-corrected chi connectivity index (χ2v) is 11.2. The zero-order chi connectivity index (χ0) is 26.3. The molecule has 1 atom stereocenters. The highest BCUT2D eigenvalue weighted by Gasteiger charge is 2.50. The average molecular weight is 509 g/mol. The van der Waals surface area contributed by atoms with Gasteiger partial charge >= 0.3 is 6.03 Å². The molecule has 36 heavy (non-hydrogen) atoms. The van der Waals surface area contributed by atoms with Crippen LogP contribution in [0.2, 0.25) is 0 Å². The van der Waals surface area contributed by atoms with Crippen LogP contribution in [0.15, 0.2) is 71.6 Å². The van der Waals surface area contributed by atoms with Gasteiger partial charge in [-0.25, -0.2) is 13.2 Å². The van der Waals surface area contributed by atoms with E-state index in [0.29, 0.717) is 11.3 Å². The van der Waals surface area contributed by atoms with Crippen LogP contribution in [0, 0.1) is 0 Å². The molecule has 0 aliphatic carbocycles. The summed E-state index contributed by atoms with van der Waals surface area (Å²) in [7, 11) is -2.16. The maximum Gasteiger partial charge on any atom is 0.325 e. The third kappa shape index (κ3) is 4.45. The Balaban J connectivity index is 1.49. The highest BCUT2D eigenvalue weighted by molar-refractivity contribution is 7.89. The van der Waals surface area contributed by atoms with Gasteiger partial charge in [-0.2, -0.15) is 4.31 Å². The van der Waals surface area contributed by atoms with E-state index in [1.807, 2.05) is 36.4 Å².